The Hall–Kier alpha value is -1.56. The van der Waals surface area contributed by atoms with Gasteiger partial charge in [0.2, 0.25) is 0 Å². The molecular weight excluding hydrogens is 386 g/mol. The van der Waals surface area contributed by atoms with Gasteiger partial charge in [-0.1, -0.05) is 36.9 Å². The minimum atomic E-state index is -6.64. The van der Waals surface area contributed by atoms with Crippen LogP contribution in [0.15, 0.2) is 30.8 Å². The number of halogens is 6. The first-order chi connectivity index (χ1) is 10.7. The van der Waals surface area contributed by atoms with Gasteiger partial charge < -0.3 is 0 Å². The topological polar surface area (TPSA) is 68.3 Å². The van der Waals surface area contributed by atoms with Gasteiger partial charge in [-0.2, -0.15) is 26.3 Å². The molecule has 0 aliphatic carbocycles. The van der Waals surface area contributed by atoms with E-state index in [0.717, 1.165) is 12.1 Å². The Bertz CT molecular complexity index is 778. The minimum absolute atomic E-state index is 0.0113. The van der Waals surface area contributed by atoms with Crippen LogP contribution in [0.3, 0.4) is 0 Å². The Labute approximate surface area is 133 Å². The van der Waals surface area contributed by atoms with E-state index in [1.165, 1.54) is 18.2 Å². The zero-order valence-corrected chi connectivity index (χ0v) is 13.2. The van der Waals surface area contributed by atoms with Gasteiger partial charge >= 0.3 is 11.0 Å². The summed E-state index contributed by atoms with van der Waals surface area (Å²) in [5, 5.41) is 0. The lowest BCUT2D eigenvalue weighted by molar-refractivity contribution is -0.0471. The molecule has 0 unspecified atom stereocenters. The van der Waals surface area contributed by atoms with Crippen LogP contribution in [-0.2, 0) is 26.1 Å². The van der Waals surface area contributed by atoms with Crippen molar-refractivity contribution < 1.29 is 43.2 Å². The third-order valence-electron chi connectivity index (χ3n) is 3.00. The quantitative estimate of drug-likeness (QED) is 0.718. The van der Waals surface area contributed by atoms with E-state index in [1.54, 1.807) is 0 Å². The molecule has 0 amide bonds. The van der Waals surface area contributed by atoms with Crippen molar-refractivity contribution in [2.75, 3.05) is 0 Å². The van der Waals surface area contributed by atoms with Crippen LogP contribution < -0.4 is 0 Å². The van der Waals surface area contributed by atoms with Crippen molar-refractivity contribution in [1.82, 2.24) is 0 Å². The SMILES string of the molecule is C=Cc1ccccc1CC(S(=O)(=O)C(F)(F)F)S(=O)(=O)C(F)(F)F. The van der Waals surface area contributed by atoms with Crippen molar-refractivity contribution in [2.24, 2.45) is 0 Å². The number of benzene rings is 1. The molecule has 0 atom stereocenters. The molecule has 1 aromatic carbocycles. The normalized spacial score (nSPS) is 14.0. The Morgan fingerprint density at radius 2 is 1.33 bits per heavy atom. The molecule has 0 N–H and O–H groups in total. The van der Waals surface area contributed by atoms with Crippen LogP contribution in [0.2, 0.25) is 0 Å². The van der Waals surface area contributed by atoms with Crippen LogP contribution in [0.25, 0.3) is 6.08 Å². The predicted molar refractivity (Wildman–Crippen MR) is 74.0 cm³/mol. The van der Waals surface area contributed by atoms with Crippen molar-refractivity contribution in [3.8, 4) is 0 Å². The van der Waals surface area contributed by atoms with Gasteiger partial charge in [0.05, 0.1) is 0 Å². The maximum atomic E-state index is 12.6. The molecule has 24 heavy (non-hydrogen) atoms. The Morgan fingerprint density at radius 3 is 1.71 bits per heavy atom. The lowest BCUT2D eigenvalue weighted by Gasteiger charge is -2.21. The molecule has 12 heteroatoms. The zero-order chi connectivity index (χ0) is 19.0. The van der Waals surface area contributed by atoms with E-state index in [1.807, 2.05) is 0 Å². The number of hydrogen-bond donors (Lipinski definition) is 0. The van der Waals surface area contributed by atoms with E-state index >= 15 is 0 Å². The van der Waals surface area contributed by atoms with Crippen molar-refractivity contribution in [1.29, 1.82) is 0 Å². The third-order valence-corrected chi connectivity index (χ3v) is 7.53. The fraction of sp³-hybridized carbons (Fsp3) is 0.333. The Balaban J connectivity index is 3.61. The number of hydrogen-bond acceptors (Lipinski definition) is 4. The molecular formula is C12H10F6O4S2. The lowest BCUT2D eigenvalue weighted by atomic mass is 10.1. The second-order valence-corrected chi connectivity index (χ2v) is 9.06. The second-order valence-electron chi connectivity index (χ2n) is 4.52. The molecule has 0 saturated carbocycles. The van der Waals surface area contributed by atoms with E-state index in [2.05, 4.69) is 6.58 Å². The fourth-order valence-electron chi connectivity index (χ4n) is 1.78. The van der Waals surface area contributed by atoms with E-state index in [9.17, 15) is 43.2 Å². The molecule has 1 rings (SSSR count). The van der Waals surface area contributed by atoms with Gasteiger partial charge in [-0.05, 0) is 11.1 Å². The Morgan fingerprint density at radius 1 is 0.917 bits per heavy atom. The number of sulfone groups is 2. The molecule has 0 bridgehead atoms. The summed E-state index contributed by atoms with van der Waals surface area (Å²) in [6.07, 6.45) is -0.474. The summed E-state index contributed by atoms with van der Waals surface area (Å²) in [5.41, 5.74) is -12.7. The van der Waals surface area contributed by atoms with Gasteiger partial charge in [0.15, 0.2) is 4.58 Å². The van der Waals surface area contributed by atoms with Gasteiger partial charge in [-0.3, -0.25) is 0 Å². The van der Waals surface area contributed by atoms with Crippen molar-refractivity contribution in [2.45, 2.75) is 22.0 Å². The highest BCUT2D eigenvalue weighted by atomic mass is 32.3. The number of rotatable bonds is 5. The highest BCUT2D eigenvalue weighted by molar-refractivity contribution is 8.09. The van der Waals surface area contributed by atoms with Crippen LogP contribution >= 0.6 is 0 Å². The summed E-state index contributed by atoms with van der Waals surface area (Å²) in [6, 6.07) is 4.83. The summed E-state index contributed by atoms with van der Waals surface area (Å²) in [6.45, 7) is 3.28. The van der Waals surface area contributed by atoms with Crippen molar-refractivity contribution in [3.63, 3.8) is 0 Å². The van der Waals surface area contributed by atoms with Gasteiger partial charge in [-0.15, -0.1) is 0 Å². The summed E-state index contributed by atoms with van der Waals surface area (Å²) in [5.74, 6) is 0. The molecule has 0 aliphatic rings. The van der Waals surface area contributed by atoms with Crippen molar-refractivity contribution >= 4 is 25.8 Å². The molecule has 0 fully saturated rings. The average Bonchev–Trinajstić information content (AvgIpc) is 2.42. The molecule has 0 heterocycles. The van der Waals surface area contributed by atoms with Gasteiger partial charge in [0.25, 0.3) is 19.7 Å². The average molecular weight is 396 g/mol. The van der Waals surface area contributed by atoms with Crippen LogP contribution in [0.5, 0.6) is 0 Å². The van der Waals surface area contributed by atoms with Crippen LogP contribution in [0.4, 0.5) is 26.3 Å². The lowest BCUT2D eigenvalue weighted by Crippen LogP contribution is -2.46. The second kappa shape index (κ2) is 6.39. The molecule has 0 saturated heterocycles. The van der Waals surface area contributed by atoms with Gasteiger partial charge in [-0.25, -0.2) is 16.8 Å². The van der Waals surface area contributed by atoms with Crippen LogP contribution in [0, 0.1) is 0 Å². The first-order valence-electron chi connectivity index (χ1n) is 5.97. The van der Waals surface area contributed by atoms with E-state index < -0.39 is 41.7 Å². The van der Waals surface area contributed by atoms with E-state index in [0.29, 0.717) is 0 Å². The molecule has 0 aromatic heterocycles. The summed E-state index contributed by atoms with van der Waals surface area (Å²) >= 11 is 0. The van der Waals surface area contributed by atoms with E-state index in [-0.39, 0.29) is 11.1 Å². The smallest absolute Gasteiger partial charge is 0.218 e. The minimum Gasteiger partial charge on any atom is -0.218 e. The van der Waals surface area contributed by atoms with Crippen molar-refractivity contribution in [3.05, 3.63) is 42.0 Å². The maximum Gasteiger partial charge on any atom is 0.498 e. The molecule has 136 valence electrons. The van der Waals surface area contributed by atoms with Crippen LogP contribution in [0.1, 0.15) is 11.1 Å². The van der Waals surface area contributed by atoms with Crippen LogP contribution in [-0.4, -0.2) is 32.4 Å². The molecule has 0 aliphatic heterocycles. The molecule has 0 spiro atoms. The van der Waals surface area contributed by atoms with Gasteiger partial charge in [0.1, 0.15) is 0 Å². The maximum absolute atomic E-state index is 12.6. The number of alkyl halides is 6. The summed E-state index contributed by atoms with van der Waals surface area (Å²) in [7, 11) is -13.3. The summed E-state index contributed by atoms with van der Waals surface area (Å²) in [4.78, 5) is 0. The first kappa shape index (κ1) is 20.5. The molecule has 0 radical (unpaired) electrons. The zero-order valence-electron chi connectivity index (χ0n) is 11.6. The van der Waals surface area contributed by atoms with E-state index in [4.69, 9.17) is 0 Å². The highest BCUT2D eigenvalue weighted by Crippen LogP contribution is 2.38. The predicted octanol–water partition coefficient (Wildman–Crippen LogP) is 3.07. The monoisotopic (exact) mass is 396 g/mol. The summed E-state index contributed by atoms with van der Waals surface area (Å²) < 4.78 is 118. The molecule has 4 nitrogen and oxygen atoms in total. The first-order valence-corrected chi connectivity index (χ1v) is 9.06. The Kier molecular flexibility index (Phi) is 5.45. The standard InChI is InChI=1S/C12H10F6O4S2/c1-2-8-5-3-4-6-9(8)7-10(23(19,20)11(13,14)15)24(21,22)12(16,17)18/h2-6,10H,1,7H2. The fourth-order valence-corrected chi connectivity index (χ4v) is 5.17. The third kappa shape index (κ3) is 3.74. The highest BCUT2D eigenvalue weighted by Gasteiger charge is 2.62. The molecule has 1 aromatic rings. The largest absolute Gasteiger partial charge is 0.498 e. The van der Waals surface area contributed by atoms with Gasteiger partial charge in [0, 0.05) is 6.42 Å².